The summed E-state index contributed by atoms with van der Waals surface area (Å²) in [6, 6.07) is 0. The van der Waals surface area contributed by atoms with Crippen molar-refractivity contribution in [3.8, 4) is 0 Å². The van der Waals surface area contributed by atoms with Crippen LogP contribution in [0.2, 0.25) is 0 Å². The summed E-state index contributed by atoms with van der Waals surface area (Å²) in [6.45, 7) is -0.557. The second-order valence-electron chi connectivity index (χ2n) is 1.48. The van der Waals surface area contributed by atoms with Crippen molar-refractivity contribution in [1.29, 1.82) is 0 Å². The van der Waals surface area contributed by atoms with E-state index in [9.17, 15) is 13.2 Å². The van der Waals surface area contributed by atoms with E-state index in [0.29, 0.717) is 11.9 Å². The van der Waals surface area contributed by atoms with Crippen LogP contribution in [0.1, 0.15) is 0 Å². The Hall–Kier alpha value is 0.230. The van der Waals surface area contributed by atoms with Crippen LogP contribution in [-0.4, -0.2) is 24.6 Å². The van der Waals surface area contributed by atoms with Crippen LogP contribution in [0.15, 0.2) is 0 Å². The first kappa shape index (κ1) is 9.23. The molecule has 0 bridgehead atoms. The molecule has 0 aromatic carbocycles. The van der Waals surface area contributed by atoms with Gasteiger partial charge in [-0.2, -0.15) is 13.2 Å². The third kappa shape index (κ3) is 8.23. The first-order valence-corrected chi connectivity index (χ1v) is 3.52. The molecule has 0 aliphatic heterocycles. The van der Waals surface area contributed by atoms with Crippen LogP contribution in [0.3, 0.4) is 0 Å². The number of rotatable bonds is 3. The van der Waals surface area contributed by atoms with Crippen molar-refractivity contribution in [3.63, 3.8) is 0 Å². The second kappa shape index (κ2) is 4.11. The van der Waals surface area contributed by atoms with E-state index >= 15 is 0 Å². The van der Waals surface area contributed by atoms with Gasteiger partial charge in [0.1, 0.15) is 0 Å². The molecule has 0 aliphatic rings. The molecule has 1 nitrogen and oxygen atoms in total. The van der Waals surface area contributed by atoms with Gasteiger partial charge in [0, 0.05) is 11.9 Å². The summed E-state index contributed by atoms with van der Waals surface area (Å²) in [5.41, 5.74) is 0. The van der Waals surface area contributed by atoms with E-state index in [1.807, 2.05) is 0 Å². The molecular formula is C4H7BrF3N. The summed E-state index contributed by atoms with van der Waals surface area (Å²) < 4.78 is 33.9. The van der Waals surface area contributed by atoms with Crippen molar-refractivity contribution in [2.75, 3.05) is 18.4 Å². The van der Waals surface area contributed by atoms with Crippen LogP contribution in [0.4, 0.5) is 13.2 Å². The van der Waals surface area contributed by atoms with Gasteiger partial charge in [-0.15, -0.1) is 0 Å². The van der Waals surface area contributed by atoms with E-state index in [0.717, 1.165) is 0 Å². The van der Waals surface area contributed by atoms with Gasteiger partial charge in [-0.25, -0.2) is 0 Å². The van der Waals surface area contributed by atoms with Crippen LogP contribution in [-0.2, 0) is 0 Å². The monoisotopic (exact) mass is 205 g/mol. The molecule has 0 unspecified atom stereocenters. The quantitative estimate of drug-likeness (QED) is 0.545. The molecule has 0 radical (unpaired) electrons. The molecule has 0 heterocycles. The maximum atomic E-state index is 11.3. The Balaban J connectivity index is 3.07. The lowest BCUT2D eigenvalue weighted by Gasteiger charge is -2.05. The average Bonchev–Trinajstić information content (AvgIpc) is 1.63. The van der Waals surface area contributed by atoms with Crippen molar-refractivity contribution in [1.82, 2.24) is 5.32 Å². The predicted octanol–water partition coefficient (Wildman–Crippen LogP) is 1.53. The highest BCUT2D eigenvalue weighted by molar-refractivity contribution is 9.09. The van der Waals surface area contributed by atoms with Gasteiger partial charge in [-0.1, -0.05) is 15.9 Å². The van der Waals surface area contributed by atoms with Gasteiger partial charge in [-0.3, -0.25) is 0 Å². The fourth-order valence-electron chi connectivity index (χ4n) is 0.297. The highest BCUT2D eigenvalue weighted by Gasteiger charge is 2.25. The minimum absolute atomic E-state index is 0.347. The molecule has 0 saturated carbocycles. The second-order valence-corrected chi connectivity index (χ2v) is 2.27. The van der Waals surface area contributed by atoms with Gasteiger partial charge >= 0.3 is 6.18 Å². The highest BCUT2D eigenvalue weighted by atomic mass is 79.9. The Kier molecular flexibility index (Phi) is 4.22. The normalized spacial score (nSPS) is 12.0. The van der Waals surface area contributed by atoms with Gasteiger partial charge in [0.2, 0.25) is 0 Å². The number of nitrogens with one attached hydrogen (secondary N) is 1. The van der Waals surface area contributed by atoms with Crippen LogP contribution in [0.25, 0.3) is 0 Å². The fourth-order valence-corrected chi connectivity index (χ4v) is 0.577. The van der Waals surface area contributed by atoms with Gasteiger partial charge in [0.15, 0.2) is 0 Å². The fraction of sp³-hybridized carbons (Fsp3) is 1.00. The average molecular weight is 206 g/mol. The maximum Gasteiger partial charge on any atom is 0.401 e. The van der Waals surface area contributed by atoms with Gasteiger partial charge in [0.25, 0.3) is 0 Å². The molecule has 0 spiro atoms. The first-order valence-electron chi connectivity index (χ1n) is 2.39. The predicted molar refractivity (Wildman–Crippen MR) is 32.7 cm³/mol. The minimum Gasteiger partial charge on any atom is -0.308 e. The van der Waals surface area contributed by atoms with E-state index in [1.165, 1.54) is 0 Å². The topological polar surface area (TPSA) is 12.0 Å². The summed E-state index contributed by atoms with van der Waals surface area (Å²) in [7, 11) is 0. The lowest BCUT2D eigenvalue weighted by atomic mass is 10.6. The molecule has 0 aromatic rings. The lowest BCUT2D eigenvalue weighted by Crippen LogP contribution is -2.29. The van der Waals surface area contributed by atoms with Crippen molar-refractivity contribution in [3.05, 3.63) is 0 Å². The Bertz CT molecular complexity index is 72.7. The molecule has 0 aliphatic carbocycles. The number of alkyl halides is 4. The number of halogens is 4. The summed E-state index contributed by atoms with van der Waals surface area (Å²) in [4.78, 5) is 0. The Morgan fingerprint density at radius 1 is 1.33 bits per heavy atom. The van der Waals surface area contributed by atoms with Crippen LogP contribution in [0, 0.1) is 0 Å². The molecule has 56 valence electrons. The molecule has 0 atom stereocenters. The molecule has 0 fully saturated rings. The zero-order chi connectivity index (χ0) is 7.33. The smallest absolute Gasteiger partial charge is 0.308 e. The molecule has 9 heavy (non-hydrogen) atoms. The standard InChI is InChI=1S/C4H7BrF3N/c5-1-2-9-3-4(6,7)8/h9H,1-3H2. The Labute approximate surface area is 59.7 Å². The van der Waals surface area contributed by atoms with Crippen LogP contribution >= 0.6 is 15.9 Å². The summed E-state index contributed by atoms with van der Waals surface area (Å²) in [5, 5.41) is 2.75. The third-order valence-corrected chi connectivity index (χ3v) is 0.993. The first-order chi connectivity index (χ1) is 4.06. The van der Waals surface area contributed by atoms with Crippen molar-refractivity contribution in [2.45, 2.75) is 6.18 Å². The SMILES string of the molecule is FC(F)(F)CNCCBr. The zero-order valence-corrected chi connectivity index (χ0v) is 6.22. The van der Waals surface area contributed by atoms with E-state index in [4.69, 9.17) is 0 Å². The Morgan fingerprint density at radius 3 is 2.22 bits per heavy atom. The summed E-state index contributed by atoms with van der Waals surface area (Å²) >= 11 is 2.99. The van der Waals surface area contributed by atoms with E-state index < -0.39 is 12.7 Å². The largest absolute Gasteiger partial charge is 0.401 e. The molecule has 0 saturated heterocycles. The van der Waals surface area contributed by atoms with E-state index in [2.05, 4.69) is 21.2 Å². The molecule has 5 heteroatoms. The molecule has 0 aromatic heterocycles. The highest BCUT2D eigenvalue weighted by Crippen LogP contribution is 2.11. The Morgan fingerprint density at radius 2 is 1.89 bits per heavy atom. The van der Waals surface area contributed by atoms with Gasteiger partial charge in [-0.05, 0) is 0 Å². The minimum atomic E-state index is -4.08. The maximum absolute atomic E-state index is 11.3. The van der Waals surface area contributed by atoms with Crippen molar-refractivity contribution < 1.29 is 13.2 Å². The van der Waals surface area contributed by atoms with Crippen molar-refractivity contribution >= 4 is 15.9 Å². The molecule has 1 N–H and O–H groups in total. The van der Waals surface area contributed by atoms with Crippen LogP contribution < -0.4 is 5.32 Å². The van der Waals surface area contributed by atoms with Gasteiger partial charge < -0.3 is 5.32 Å². The molecular weight excluding hydrogens is 199 g/mol. The van der Waals surface area contributed by atoms with Gasteiger partial charge in [0.05, 0.1) is 6.54 Å². The van der Waals surface area contributed by atoms with Crippen LogP contribution in [0.5, 0.6) is 0 Å². The molecule has 0 amide bonds. The molecule has 0 rings (SSSR count). The summed E-state index contributed by atoms with van der Waals surface area (Å²) in [5.74, 6) is 0. The van der Waals surface area contributed by atoms with E-state index in [-0.39, 0.29) is 0 Å². The number of hydrogen-bond acceptors (Lipinski definition) is 1. The third-order valence-electron chi connectivity index (χ3n) is 0.597. The van der Waals surface area contributed by atoms with E-state index in [1.54, 1.807) is 0 Å². The lowest BCUT2D eigenvalue weighted by molar-refractivity contribution is -0.124. The summed E-state index contributed by atoms with van der Waals surface area (Å²) in [6.07, 6.45) is -4.08. The number of hydrogen-bond donors (Lipinski definition) is 1. The zero-order valence-electron chi connectivity index (χ0n) is 4.63. The van der Waals surface area contributed by atoms with Crippen molar-refractivity contribution in [2.24, 2.45) is 0 Å².